The van der Waals surface area contributed by atoms with Crippen LogP contribution in [0.15, 0.2) is 12.3 Å². The molecule has 0 aromatic rings. The van der Waals surface area contributed by atoms with E-state index < -0.39 is 5.97 Å². The maximum absolute atomic E-state index is 10.6. The summed E-state index contributed by atoms with van der Waals surface area (Å²) in [5.74, 6) is -0.433. The zero-order valence-corrected chi connectivity index (χ0v) is 10.6. The van der Waals surface area contributed by atoms with Crippen molar-refractivity contribution in [3.63, 3.8) is 0 Å². The first-order valence-electron chi connectivity index (χ1n) is 5.63. The van der Waals surface area contributed by atoms with Crippen LogP contribution < -0.4 is 5.32 Å². The summed E-state index contributed by atoms with van der Waals surface area (Å²) < 4.78 is 0. The van der Waals surface area contributed by atoms with Crippen molar-refractivity contribution < 1.29 is 9.90 Å². The number of hydrogen-bond donors (Lipinski definition) is 2. The molecule has 0 fully saturated rings. The molecule has 0 aliphatic rings. The van der Waals surface area contributed by atoms with Crippen molar-refractivity contribution in [2.24, 2.45) is 11.8 Å². The van der Waals surface area contributed by atoms with E-state index in [4.69, 9.17) is 5.11 Å². The van der Waals surface area contributed by atoms with Gasteiger partial charge in [-0.25, -0.2) is 0 Å². The number of hydrogen-bond acceptors (Lipinski definition) is 2. The highest BCUT2D eigenvalue weighted by atomic mass is 16.4. The molecule has 0 bridgehead atoms. The molecule has 0 amide bonds. The van der Waals surface area contributed by atoms with Gasteiger partial charge in [-0.2, -0.15) is 0 Å². The van der Waals surface area contributed by atoms with Crippen LogP contribution in [0.4, 0.5) is 0 Å². The third kappa shape index (κ3) is 8.03. The molecular formula is C12H25NO2. The SMILES string of the molecule is C=C(NCC)C(CC(=O)O)C(C)C.CC. The predicted molar refractivity (Wildman–Crippen MR) is 64.7 cm³/mol. The average molecular weight is 215 g/mol. The zero-order valence-electron chi connectivity index (χ0n) is 10.6. The molecule has 0 aromatic heterocycles. The van der Waals surface area contributed by atoms with Crippen LogP contribution in [-0.4, -0.2) is 17.6 Å². The number of aliphatic carboxylic acids is 1. The van der Waals surface area contributed by atoms with Gasteiger partial charge in [0, 0.05) is 18.2 Å². The molecule has 1 unspecified atom stereocenters. The molecule has 0 aromatic carbocycles. The van der Waals surface area contributed by atoms with Crippen LogP contribution in [0.3, 0.4) is 0 Å². The van der Waals surface area contributed by atoms with E-state index in [9.17, 15) is 4.79 Å². The second-order valence-corrected chi connectivity index (χ2v) is 3.50. The van der Waals surface area contributed by atoms with Crippen LogP contribution in [0.25, 0.3) is 0 Å². The first kappa shape index (κ1) is 16.4. The molecule has 0 saturated heterocycles. The van der Waals surface area contributed by atoms with Gasteiger partial charge >= 0.3 is 5.97 Å². The Kier molecular flexibility index (Phi) is 10.5. The Labute approximate surface area is 93.6 Å². The van der Waals surface area contributed by atoms with E-state index in [2.05, 4.69) is 11.9 Å². The fourth-order valence-electron chi connectivity index (χ4n) is 1.31. The van der Waals surface area contributed by atoms with Crippen LogP contribution in [0.2, 0.25) is 0 Å². The minimum absolute atomic E-state index is 0.0254. The molecular weight excluding hydrogens is 190 g/mol. The molecule has 3 nitrogen and oxygen atoms in total. The summed E-state index contributed by atoms with van der Waals surface area (Å²) in [4.78, 5) is 10.6. The first-order chi connectivity index (χ1) is 6.99. The average Bonchev–Trinajstić information content (AvgIpc) is 2.17. The molecule has 0 rings (SSSR count). The lowest BCUT2D eigenvalue weighted by atomic mass is 9.90. The molecule has 2 N–H and O–H groups in total. The maximum atomic E-state index is 10.6. The van der Waals surface area contributed by atoms with E-state index in [-0.39, 0.29) is 12.3 Å². The Morgan fingerprint density at radius 1 is 1.40 bits per heavy atom. The summed E-state index contributed by atoms with van der Waals surface area (Å²) in [6.45, 7) is 14.6. The van der Waals surface area contributed by atoms with Gasteiger partial charge in [-0.15, -0.1) is 0 Å². The van der Waals surface area contributed by atoms with Gasteiger partial charge in [0.2, 0.25) is 0 Å². The smallest absolute Gasteiger partial charge is 0.304 e. The quantitative estimate of drug-likeness (QED) is 0.716. The second-order valence-electron chi connectivity index (χ2n) is 3.50. The summed E-state index contributed by atoms with van der Waals surface area (Å²) in [5.41, 5.74) is 0.833. The number of carboxylic acids is 1. The normalized spacial score (nSPS) is 11.3. The topological polar surface area (TPSA) is 49.3 Å². The van der Waals surface area contributed by atoms with Crippen LogP contribution in [0.5, 0.6) is 0 Å². The van der Waals surface area contributed by atoms with E-state index in [1.54, 1.807) is 0 Å². The molecule has 90 valence electrons. The Bertz CT molecular complexity index is 188. The van der Waals surface area contributed by atoms with Crippen molar-refractivity contribution in [2.75, 3.05) is 6.54 Å². The molecule has 0 heterocycles. The predicted octanol–water partition coefficient (Wildman–Crippen LogP) is 2.88. The number of allylic oxidation sites excluding steroid dienone is 1. The van der Waals surface area contributed by atoms with Gasteiger partial charge in [-0.1, -0.05) is 34.3 Å². The van der Waals surface area contributed by atoms with Crippen LogP contribution in [0, 0.1) is 11.8 Å². The molecule has 15 heavy (non-hydrogen) atoms. The van der Waals surface area contributed by atoms with Crippen molar-refractivity contribution in [3.05, 3.63) is 12.3 Å². The highest BCUT2D eigenvalue weighted by Gasteiger charge is 2.19. The standard InChI is InChI=1S/C10H19NO2.C2H6/c1-5-11-8(4)9(7(2)3)6-10(12)13;1-2/h7,9,11H,4-6H2,1-3H3,(H,12,13);1-2H3. The lowest BCUT2D eigenvalue weighted by Crippen LogP contribution is -2.25. The maximum Gasteiger partial charge on any atom is 0.304 e. The fourth-order valence-corrected chi connectivity index (χ4v) is 1.31. The Morgan fingerprint density at radius 3 is 2.13 bits per heavy atom. The molecule has 0 spiro atoms. The highest BCUT2D eigenvalue weighted by molar-refractivity contribution is 5.67. The highest BCUT2D eigenvalue weighted by Crippen LogP contribution is 2.20. The van der Waals surface area contributed by atoms with E-state index in [0.717, 1.165) is 12.2 Å². The Hall–Kier alpha value is -0.990. The molecule has 3 heteroatoms. The summed E-state index contributed by atoms with van der Waals surface area (Å²) in [5, 5.41) is 11.8. The lowest BCUT2D eigenvalue weighted by Gasteiger charge is -2.22. The van der Waals surface area contributed by atoms with Gasteiger partial charge in [0.25, 0.3) is 0 Å². The van der Waals surface area contributed by atoms with E-state index in [1.807, 2.05) is 34.6 Å². The number of nitrogens with one attached hydrogen (secondary N) is 1. The summed E-state index contributed by atoms with van der Waals surface area (Å²) in [7, 11) is 0. The molecule has 0 radical (unpaired) electrons. The van der Waals surface area contributed by atoms with Crippen LogP contribution in [0.1, 0.15) is 41.0 Å². The van der Waals surface area contributed by atoms with Crippen molar-refractivity contribution >= 4 is 5.97 Å². The van der Waals surface area contributed by atoms with Gasteiger partial charge in [0.1, 0.15) is 0 Å². The third-order valence-electron chi connectivity index (χ3n) is 2.05. The minimum Gasteiger partial charge on any atom is -0.481 e. The summed E-state index contributed by atoms with van der Waals surface area (Å²) >= 11 is 0. The Morgan fingerprint density at radius 2 is 1.87 bits per heavy atom. The Balaban J connectivity index is 0. The number of carbonyl (C=O) groups is 1. The first-order valence-corrected chi connectivity index (χ1v) is 5.63. The van der Waals surface area contributed by atoms with E-state index >= 15 is 0 Å². The summed E-state index contributed by atoms with van der Waals surface area (Å²) in [6, 6.07) is 0. The van der Waals surface area contributed by atoms with Gasteiger partial charge in [0.05, 0.1) is 6.42 Å². The van der Waals surface area contributed by atoms with Crippen LogP contribution in [-0.2, 0) is 4.79 Å². The fraction of sp³-hybridized carbons (Fsp3) is 0.750. The van der Waals surface area contributed by atoms with Crippen molar-refractivity contribution in [1.29, 1.82) is 0 Å². The third-order valence-corrected chi connectivity index (χ3v) is 2.05. The minimum atomic E-state index is -0.766. The van der Waals surface area contributed by atoms with Gasteiger partial charge in [0.15, 0.2) is 0 Å². The molecule has 0 saturated carbocycles. The zero-order chi connectivity index (χ0) is 12.4. The molecule has 0 aliphatic heterocycles. The number of carboxylic acid groups (broad SMARTS) is 1. The molecule has 0 aliphatic carbocycles. The summed E-state index contributed by atoms with van der Waals surface area (Å²) in [6.07, 6.45) is 0.156. The van der Waals surface area contributed by atoms with E-state index in [0.29, 0.717) is 5.92 Å². The van der Waals surface area contributed by atoms with Crippen molar-refractivity contribution in [1.82, 2.24) is 5.32 Å². The lowest BCUT2D eigenvalue weighted by molar-refractivity contribution is -0.138. The second kappa shape index (κ2) is 9.56. The molecule has 1 atom stereocenters. The van der Waals surface area contributed by atoms with Crippen LogP contribution >= 0.6 is 0 Å². The van der Waals surface area contributed by atoms with Gasteiger partial charge in [-0.3, -0.25) is 4.79 Å². The van der Waals surface area contributed by atoms with E-state index in [1.165, 1.54) is 0 Å². The largest absolute Gasteiger partial charge is 0.481 e. The van der Waals surface area contributed by atoms with Gasteiger partial charge in [-0.05, 0) is 12.8 Å². The monoisotopic (exact) mass is 215 g/mol. The van der Waals surface area contributed by atoms with Gasteiger partial charge < -0.3 is 10.4 Å². The van der Waals surface area contributed by atoms with Crippen molar-refractivity contribution in [3.8, 4) is 0 Å². The van der Waals surface area contributed by atoms with Crippen molar-refractivity contribution in [2.45, 2.75) is 41.0 Å². The number of rotatable bonds is 6.